The number of carbonyl (C=O) groups is 1. The number of hydrogen-bond donors (Lipinski definition) is 0. The Morgan fingerprint density at radius 2 is 1.83 bits per heavy atom. The molecule has 0 saturated heterocycles. The van der Waals surface area contributed by atoms with Gasteiger partial charge in [-0.2, -0.15) is 0 Å². The van der Waals surface area contributed by atoms with E-state index >= 15 is 0 Å². The van der Waals surface area contributed by atoms with Crippen molar-refractivity contribution in [1.29, 1.82) is 0 Å². The Morgan fingerprint density at radius 3 is 2.50 bits per heavy atom. The topological polar surface area (TPSA) is 17.1 Å². The average Bonchev–Trinajstić information content (AvgIpc) is 2.25. The van der Waals surface area contributed by atoms with Gasteiger partial charge in [0.15, 0.2) is 5.78 Å². The first-order chi connectivity index (χ1) is 8.46. The molecule has 1 aliphatic carbocycles. The van der Waals surface area contributed by atoms with Crippen molar-refractivity contribution in [2.75, 3.05) is 0 Å². The SMILES string of the molecule is Cc1ccccc1C#CC1=CC(=O)CC(C)(C)C1. The summed E-state index contributed by atoms with van der Waals surface area (Å²) in [5.41, 5.74) is 3.21. The van der Waals surface area contributed by atoms with Crippen molar-refractivity contribution < 1.29 is 4.79 Å². The fraction of sp³-hybridized carbons (Fsp3) is 0.353. The molecule has 0 amide bonds. The summed E-state index contributed by atoms with van der Waals surface area (Å²) in [6, 6.07) is 8.06. The summed E-state index contributed by atoms with van der Waals surface area (Å²) in [5, 5.41) is 0. The maximum Gasteiger partial charge on any atom is 0.157 e. The highest BCUT2D eigenvalue weighted by atomic mass is 16.1. The standard InChI is InChI=1S/C17H18O/c1-13-6-4-5-7-15(13)9-8-14-10-16(18)12-17(2,3)11-14/h4-7,10H,11-12H2,1-3H3. The Hall–Kier alpha value is -1.81. The molecule has 92 valence electrons. The van der Waals surface area contributed by atoms with E-state index in [1.165, 1.54) is 5.56 Å². The summed E-state index contributed by atoms with van der Waals surface area (Å²) in [6.45, 7) is 6.29. The Morgan fingerprint density at radius 1 is 1.11 bits per heavy atom. The highest BCUT2D eigenvalue weighted by Crippen LogP contribution is 2.33. The highest BCUT2D eigenvalue weighted by molar-refractivity contribution is 5.92. The zero-order valence-electron chi connectivity index (χ0n) is 11.2. The average molecular weight is 238 g/mol. The van der Waals surface area contributed by atoms with E-state index in [9.17, 15) is 4.79 Å². The van der Waals surface area contributed by atoms with Crippen LogP contribution in [-0.4, -0.2) is 5.78 Å². The first-order valence-electron chi connectivity index (χ1n) is 6.27. The monoisotopic (exact) mass is 238 g/mol. The third-order valence-electron chi connectivity index (χ3n) is 3.16. The summed E-state index contributed by atoms with van der Waals surface area (Å²) in [7, 11) is 0. The Bertz CT molecular complexity index is 565. The van der Waals surface area contributed by atoms with Crippen LogP contribution in [0, 0.1) is 24.2 Å². The van der Waals surface area contributed by atoms with Crippen molar-refractivity contribution >= 4 is 5.78 Å². The van der Waals surface area contributed by atoms with Gasteiger partial charge in [-0.05, 0) is 36.5 Å². The van der Waals surface area contributed by atoms with Crippen molar-refractivity contribution in [3.05, 3.63) is 47.0 Å². The second-order valence-corrected chi connectivity index (χ2v) is 5.72. The van der Waals surface area contributed by atoms with Crippen LogP contribution >= 0.6 is 0 Å². The third-order valence-corrected chi connectivity index (χ3v) is 3.16. The van der Waals surface area contributed by atoms with E-state index in [1.54, 1.807) is 6.08 Å². The van der Waals surface area contributed by atoms with Crippen LogP contribution in [0.3, 0.4) is 0 Å². The molecule has 0 saturated carbocycles. The quantitative estimate of drug-likeness (QED) is 0.630. The molecule has 0 fully saturated rings. The summed E-state index contributed by atoms with van der Waals surface area (Å²) in [4.78, 5) is 11.6. The molecular weight excluding hydrogens is 220 g/mol. The fourth-order valence-electron chi connectivity index (χ4n) is 2.29. The summed E-state index contributed by atoms with van der Waals surface area (Å²) < 4.78 is 0. The second kappa shape index (κ2) is 4.82. The first kappa shape index (κ1) is 12.6. The van der Waals surface area contributed by atoms with Gasteiger partial charge in [0.05, 0.1) is 0 Å². The lowest BCUT2D eigenvalue weighted by Gasteiger charge is -2.26. The van der Waals surface area contributed by atoms with Gasteiger partial charge in [-0.1, -0.05) is 43.9 Å². The van der Waals surface area contributed by atoms with Crippen LogP contribution in [0.4, 0.5) is 0 Å². The van der Waals surface area contributed by atoms with Crippen molar-refractivity contribution in [3.63, 3.8) is 0 Å². The van der Waals surface area contributed by atoms with E-state index in [-0.39, 0.29) is 11.2 Å². The Kier molecular flexibility index (Phi) is 3.39. The molecule has 1 aromatic carbocycles. The zero-order valence-corrected chi connectivity index (χ0v) is 11.2. The number of rotatable bonds is 0. The molecule has 1 nitrogen and oxygen atoms in total. The Balaban J connectivity index is 2.26. The predicted octanol–water partition coefficient (Wildman–Crippen LogP) is 3.66. The molecule has 0 N–H and O–H groups in total. The third kappa shape index (κ3) is 3.11. The minimum atomic E-state index is 0.0432. The van der Waals surface area contributed by atoms with Gasteiger partial charge in [-0.15, -0.1) is 0 Å². The fourth-order valence-corrected chi connectivity index (χ4v) is 2.29. The molecule has 2 rings (SSSR count). The molecule has 18 heavy (non-hydrogen) atoms. The predicted molar refractivity (Wildman–Crippen MR) is 74.2 cm³/mol. The van der Waals surface area contributed by atoms with E-state index in [1.807, 2.05) is 31.2 Å². The second-order valence-electron chi connectivity index (χ2n) is 5.72. The molecule has 0 aromatic heterocycles. The molecular formula is C17H18O. The van der Waals surface area contributed by atoms with Gasteiger partial charge in [0, 0.05) is 17.6 Å². The van der Waals surface area contributed by atoms with Crippen LogP contribution in [0.1, 0.15) is 37.8 Å². The molecule has 1 heteroatoms. The van der Waals surface area contributed by atoms with Crippen LogP contribution in [0.25, 0.3) is 0 Å². The lowest BCUT2D eigenvalue weighted by atomic mass is 9.77. The van der Waals surface area contributed by atoms with E-state index in [4.69, 9.17) is 0 Å². The van der Waals surface area contributed by atoms with Gasteiger partial charge in [0.1, 0.15) is 0 Å². The van der Waals surface area contributed by atoms with E-state index in [2.05, 4.69) is 25.7 Å². The highest BCUT2D eigenvalue weighted by Gasteiger charge is 2.26. The first-order valence-corrected chi connectivity index (χ1v) is 6.27. The molecule has 0 aliphatic heterocycles. The van der Waals surface area contributed by atoms with Crippen LogP contribution in [0.5, 0.6) is 0 Å². The maximum absolute atomic E-state index is 11.6. The lowest BCUT2D eigenvalue weighted by Crippen LogP contribution is -2.21. The molecule has 0 radical (unpaired) electrons. The van der Waals surface area contributed by atoms with Gasteiger partial charge in [-0.25, -0.2) is 0 Å². The van der Waals surface area contributed by atoms with E-state index < -0.39 is 0 Å². The van der Waals surface area contributed by atoms with Crippen LogP contribution < -0.4 is 0 Å². The minimum Gasteiger partial charge on any atom is -0.295 e. The van der Waals surface area contributed by atoms with Crippen molar-refractivity contribution in [2.45, 2.75) is 33.6 Å². The zero-order chi connectivity index (χ0) is 13.2. The van der Waals surface area contributed by atoms with Gasteiger partial charge >= 0.3 is 0 Å². The van der Waals surface area contributed by atoms with E-state index in [0.29, 0.717) is 6.42 Å². The number of benzene rings is 1. The molecule has 0 bridgehead atoms. The molecule has 0 atom stereocenters. The summed E-state index contributed by atoms with van der Waals surface area (Å²) in [6.07, 6.45) is 3.22. The smallest absolute Gasteiger partial charge is 0.157 e. The number of carbonyl (C=O) groups excluding carboxylic acids is 1. The van der Waals surface area contributed by atoms with Crippen molar-refractivity contribution in [3.8, 4) is 11.8 Å². The lowest BCUT2D eigenvalue weighted by molar-refractivity contribution is -0.116. The van der Waals surface area contributed by atoms with E-state index in [0.717, 1.165) is 17.6 Å². The van der Waals surface area contributed by atoms with Gasteiger partial charge in [-0.3, -0.25) is 4.79 Å². The van der Waals surface area contributed by atoms with Crippen LogP contribution in [-0.2, 0) is 4.79 Å². The molecule has 1 aromatic rings. The largest absolute Gasteiger partial charge is 0.295 e. The van der Waals surface area contributed by atoms with Gasteiger partial charge < -0.3 is 0 Å². The number of ketones is 1. The summed E-state index contributed by atoms with van der Waals surface area (Å²) in [5.74, 6) is 6.52. The van der Waals surface area contributed by atoms with Crippen LogP contribution in [0.2, 0.25) is 0 Å². The van der Waals surface area contributed by atoms with Crippen LogP contribution in [0.15, 0.2) is 35.9 Å². The molecule has 0 unspecified atom stereocenters. The molecule has 0 spiro atoms. The van der Waals surface area contributed by atoms with Gasteiger partial charge in [0.25, 0.3) is 0 Å². The van der Waals surface area contributed by atoms with Crippen molar-refractivity contribution in [2.24, 2.45) is 5.41 Å². The van der Waals surface area contributed by atoms with Gasteiger partial charge in [0.2, 0.25) is 0 Å². The number of hydrogen-bond acceptors (Lipinski definition) is 1. The number of aryl methyl sites for hydroxylation is 1. The molecule has 0 heterocycles. The Labute approximate surface area is 109 Å². The number of allylic oxidation sites excluding steroid dienone is 2. The van der Waals surface area contributed by atoms with Crippen molar-refractivity contribution in [1.82, 2.24) is 0 Å². The maximum atomic E-state index is 11.6. The molecule has 1 aliphatic rings. The normalized spacial score (nSPS) is 17.7. The summed E-state index contributed by atoms with van der Waals surface area (Å²) >= 11 is 0. The minimum absolute atomic E-state index is 0.0432.